The van der Waals surface area contributed by atoms with Crippen molar-refractivity contribution in [2.75, 3.05) is 0 Å². The molecule has 0 spiro atoms. The Hall–Kier alpha value is -2.26. The highest BCUT2D eigenvalue weighted by molar-refractivity contribution is 7.13. The van der Waals surface area contributed by atoms with Crippen molar-refractivity contribution in [3.8, 4) is 10.6 Å². The van der Waals surface area contributed by atoms with Gasteiger partial charge in [-0.25, -0.2) is 9.98 Å². The van der Waals surface area contributed by atoms with E-state index >= 15 is 0 Å². The molecule has 0 atom stereocenters. The van der Waals surface area contributed by atoms with Gasteiger partial charge < -0.3 is 0 Å². The summed E-state index contributed by atoms with van der Waals surface area (Å²) in [6, 6.07) is 20.2. The normalized spacial score (nSPS) is 10.9. The van der Waals surface area contributed by atoms with Gasteiger partial charge in [0.25, 0.3) is 0 Å². The fourth-order valence-corrected chi connectivity index (χ4v) is 2.47. The molecule has 1 aromatic heterocycles. The van der Waals surface area contributed by atoms with Gasteiger partial charge in [-0.2, -0.15) is 0 Å². The summed E-state index contributed by atoms with van der Waals surface area (Å²) in [5.74, 6) is 0.757. The zero-order valence-corrected chi connectivity index (χ0v) is 11.0. The molecule has 3 rings (SSSR count). The fraction of sp³-hybridized carbons (Fsp3) is 0. The number of thiazole rings is 1. The molecule has 19 heavy (non-hydrogen) atoms. The molecule has 0 N–H and O–H groups in total. The topological polar surface area (TPSA) is 25.2 Å². The van der Waals surface area contributed by atoms with Gasteiger partial charge in [0.2, 0.25) is 0 Å². The van der Waals surface area contributed by atoms with Crippen LogP contribution >= 0.6 is 11.3 Å². The van der Waals surface area contributed by atoms with Crippen molar-refractivity contribution in [1.82, 2.24) is 4.98 Å². The summed E-state index contributed by atoms with van der Waals surface area (Å²) in [6.07, 6.45) is 1.84. The van der Waals surface area contributed by atoms with E-state index in [1.165, 1.54) is 0 Å². The van der Waals surface area contributed by atoms with Crippen LogP contribution in [0.2, 0.25) is 0 Å². The molecule has 3 aromatic rings. The van der Waals surface area contributed by atoms with E-state index in [9.17, 15) is 0 Å². The standard InChI is InChI=1S/C16H12N2S/c1-3-7-13(8-4-1)11-17-15-12-19-16(18-15)14-9-5-2-6-10-14/h1-12H. The molecule has 0 radical (unpaired) electrons. The fourth-order valence-electron chi connectivity index (χ4n) is 1.72. The highest BCUT2D eigenvalue weighted by Gasteiger charge is 2.02. The van der Waals surface area contributed by atoms with Crippen LogP contribution in [-0.4, -0.2) is 11.2 Å². The Kier molecular flexibility index (Phi) is 3.47. The van der Waals surface area contributed by atoms with E-state index in [0.717, 1.165) is 22.0 Å². The van der Waals surface area contributed by atoms with Crippen molar-refractivity contribution >= 4 is 23.4 Å². The molecule has 0 bridgehead atoms. The van der Waals surface area contributed by atoms with E-state index < -0.39 is 0 Å². The molecular weight excluding hydrogens is 252 g/mol. The summed E-state index contributed by atoms with van der Waals surface area (Å²) in [5, 5.41) is 2.97. The molecule has 0 saturated heterocycles. The molecule has 0 aliphatic carbocycles. The van der Waals surface area contributed by atoms with Crippen LogP contribution in [-0.2, 0) is 0 Å². The van der Waals surface area contributed by atoms with Crippen LogP contribution < -0.4 is 0 Å². The highest BCUT2D eigenvalue weighted by atomic mass is 32.1. The predicted octanol–water partition coefficient (Wildman–Crippen LogP) is 4.56. The number of hydrogen-bond acceptors (Lipinski definition) is 3. The minimum absolute atomic E-state index is 0.757. The second-order valence-corrected chi connectivity index (χ2v) is 4.90. The van der Waals surface area contributed by atoms with Crippen LogP contribution in [0.1, 0.15) is 5.56 Å². The third-order valence-electron chi connectivity index (χ3n) is 2.66. The summed E-state index contributed by atoms with van der Waals surface area (Å²) >= 11 is 1.61. The van der Waals surface area contributed by atoms with Gasteiger partial charge in [-0.1, -0.05) is 60.7 Å². The zero-order chi connectivity index (χ0) is 12.9. The van der Waals surface area contributed by atoms with Gasteiger partial charge >= 0.3 is 0 Å². The van der Waals surface area contributed by atoms with Crippen LogP contribution in [0.5, 0.6) is 0 Å². The minimum Gasteiger partial charge on any atom is -0.236 e. The van der Waals surface area contributed by atoms with Crippen molar-refractivity contribution in [1.29, 1.82) is 0 Å². The number of hydrogen-bond donors (Lipinski definition) is 0. The second kappa shape index (κ2) is 5.59. The Balaban J connectivity index is 1.81. The Labute approximate surface area is 116 Å². The van der Waals surface area contributed by atoms with Gasteiger partial charge in [0.05, 0.1) is 0 Å². The van der Waals surface area contributed by atoms with Gasteiger partial charge in [0.15, 0.2) is 5.82 Å². The molecule has 0 saturated carbocycles. The first-order valence-electron chi connectivity index (χ1n) is 6.02. The molecule has 0 unspecified atom stereocenters. The first-order chi connectivity index (χ1) is 9.42. The number of aromatic nitrogens is 1. The maximum atomic E-state index is 4.52. The first kappa shape index (κ1) is 11.8. The monoisotopic (exact) mass is 264 g/mol. The lowest BCUT2D eigenvalue weighted by Crippen LogP contribution is -1.78. The summed E-state index contributed by atoms with van der Waals surface area (Å²) in [4.78, 5) is 8.91. The molecule has 0 amide bonds. The molecule has 0 aliphatic rings. The van der Waals surface area contributed by atoms with E-state index in [1.54, 1.807) is 11.3 Å². The average molecular weight is 264 g/mol. The molecule has 2 nitrogen and oxygen atoms in total. The lowest BCUT2D eigenvalue weighted by atomic mass is 10.2. The molecular formula is C16H12N2S. The Bertz CT molecular complexity index is 672. The number of benzene rings is 2. The van der Waals surface area contributed by atoms with Crippen molar-refractivity contribution in [3.05, 3.63) is 71.6 Å². The second-order valence-electron chi connectivity index (χ2n) is 4.05. The van der Waals surface area contributed by atoms with Crippen molar-refractivity contribution in [2.45, 2.75) is 0 Å². The Morgan fingerprint density at radius 3 is 2.32 bits per heavy atom. The molecule has 3 heteroatoms. The van der Waals surface area contributed by atoms with Gasteiger partial charge in [-0.05, 0) is 5.56 Å². The van der Waals surface area contributed by atoms with Crippen molar-refractivity contribution in [2.24, 2.45) is 4.99 Å². The maximum Gasteiger partial charge on any atom is 0.163 e. The molecule has 2 aromatic carbocycles. The van der Waals surface area contributed by atoms with Gasteiger partial charge in [-0.3, -0.25) is 0 Å². The SMILES string of the molecule is C(=Nc1csc(-c2ccccc2)n1)c1ccccc1. The molecule has 0 aliphatic heterocycles. The average Bonchev–Trinajstić information content (AvgIpc) is 2.96. The van der Waals surface area contributed by atoms with Crippen LogP contribution in [0.25, 0.3) is 10.6 Å². The van der Waals surface area contributed by atoms with Crippen LogP contribution in [0.15, 0.2) is 71.0 Å². The van der Waals surface area contributed by atoms with Gasteiger partial charge in [0.1, 0.15) is 5.01 Å². The predicted molar refractivity (Wildman–Crippen MR) is 81.2 cm³/mol. The van der Waals surface area contributed by atoms with E-state index in [1.807, 2.05) is 60.1 Å². The minimum atomic E-state index is 0.757. The summed E-state index contributed by atoms with van der Waals surface area (Å²) in [6.45, 7) is 0. The maximum absolute atomic E-state index is 4.52. The van der Waals surface area contributed by atoms with Crippen molar-refractivity contribution in [3.63, 3.8) is 0 Å². The smallest absolute Gasteiger partial charge is 0.163 e. The van der Waals surface area contributed by atoms with Gasteiger partial charge in [0, 0.05) is 17.2 Å². The lowest BCUT2D eigenvalue weighted by Gasteiger charge is -1.93. The molecule has 92 valence electrons. The van der Waals surface area contributed by atoms with E-state index in [2.05, 4.69) is 22.1 Å². The highest BCUT2D eigenvalue weighted by Crippen LogP contribution is 2.26. The lowest BCUT2D eigenvalue weighted by molar-refractivity contribution is 1.34. The number of rotatable bonds is 3. The number of nitrogens with zero attached hydrogens (tertiary/aromatic N) is 2. The molecule has 0 fully saturated rings. The Morgan fingerprint density at radius 2 is 1.58 bits per heavy atom. The van der Waals surface area contributed by atoms with Crippen LogP contribution in [0.4, 0.5) is 5.82 Å². The van der Waals surface area contributed by atoms with Crippen LogP contribution in [0.3, 0.4) is 0 Å². The molecule has 1 heterocycles. The zero-order valence-electron chi connectivity index (χ0n) is 10.2. The first-order valence-corrected chi connectivity index (χ1v) is 6.90. The number of aliphatic imine (C=N–C) groups is 1. The largest absolute Gasteiger partial charge is 0.236 e. The third-order valence-corrected chi connectivity index (χ3v) is 3.54. The van der Waals surface area contributed by atoms with Crippen molar-refractivity contribution < 1.29 is 0 Å². The summed E-state index contributed by atoms with van der Waals surface area (Å²) in [7, 11) is 0. The van der Waals surface area contributed by atoms with E-state index in [4.69, 9.17) is 0 Å². The van der Waals surface area contributed by atoms with E-state index in [0.29, 0.717) is 0 Å². The van der Waals surface area contributed by atoms with Gasteiger partial charge in [-0.15, -0.1) is 11.3 Å². The Morgan fingerprint density at radius 1 is 0.895 bits per heavy atom. The third kappa shape index (κ3) is 2.95. The quantitative estimate of drug-likeness (QED) is 0.636. The summed E-state index contributed by atoms with van der Waals surface area (Å²) < 4.78 is 0. The van der Waals surface area contributed by atoms with Crippen LogP contribution in [0, 0.1) is 0 Å². The summed E-state index contributed by atoms with van der Waals surface area (Å²) in [5.41, 5.74) is 2.21. The van der Waals surface area contributed by atoms with E-state index in [-0.39, 0.29) is 0 Å².